The molecule has 0 spiro atoms. The van der Waals surface area contributed by atoms with E-state index >= 15 is 0 Å². The molecular formula is C14H25N5O. The van der Waals surface area contributed by atoms with Crippen LogP contribution in [-0.2, 0) is 6.54 Å². The van der Waals surface area contributed by atoms with E-state index in [0.717, 1.165) is 19.1 Å². The Balaban J connectivity index is 1.42. The summed E-state index contributed by atoms with van der Waals surface area (Å²) in [5.74, 6) is 1.28. The van der Waals surface area contributed by atoms with Gasteiger partial charge in [0.2, 0.25) is 5.89 Å². The molecular weight excluding hydrogens is 254 g/mol. The molecule has 0 aromatic carbocycles. The first-order chi connectivity index (χ1) is 9.70. The molecule has 2 heterocycles. The predicted molar refractivity (Wildman–Crippen MR) is 77.5 cm³/mol. The van der Waals surface area contributed by atoms with E-state index in [4.69, 9.17) is 4.42 Å². The highest BCUT2D eigenvalue weighted by atomic mass is 16.4. The van der Waals surface area contributed by atoms with Gasteiger partial charge in [0.05, 0.1) is 6.54 Å². The topological polar surface area (TPSA) is 66.2 Å². The molecule has 1 aliphatic carbocycles. The molecule has 2 fully saturated rings. The van der Waals surface area contributed by atoms with Crippen molar-refractivity contribution in [3.05, 3.63) is 5.89 Å². The average Bonchev–Trinajstić information content (AvgIpc) is 3.00. The smallest absolute Gasteiger partial charge is 0.315 e. The minimum absolute atomic E-state index is 0.451. The second-order valence-corrected chi connectivity index (χ2v) is 6.38. The van der Waals surface area contributed by atoms with Crippen LogP contribution in [-0.4, -0.2) is 46.8 Å². The Morgan fingerprint density at radius 2 is 2.15 bits per heavy atom. The molecule has 1 saturated carbocycles. The third-order valence-electron chi connectivity index (χ3n) is 3.91. The number of nitrogens with zero attached hydrogens (tertiary/aromatic N) is 3. The van der Waals surface area contributed by atoms with Crippen LogP contribution in [0.15, 0.2) is 4.42 Å². The lowest BCUT2D eigenvalue weighted by atomic mass is 10.2. The van der Waals surface area contributed by atoms with Gasteiger partial charge in [-0.1, -0.05) is 18.9 Å². The summed E-state index contributed by atoms with van der Waals surface area (Å²) in [5.41, 5.74) is 0. The van der Waals surface area contributed by atoms with Gasteiger partial charge in [-0.3, -0.25) is 4.90 Å². The molecule has 2 aliphatic rings. The number of aromatic nitrogens is 2. The Labute approximate surface area is 120 Å². The molecule has 1 aliphatic heterocycles. The van der Waals surface area contributed by atoms with Gasteiger partial charge >= 0.3 is 6.01 Å². The number of anilines is 1. The summed E-state index contributed by atoms with van der Waals surface area (Å²) in [4.78, 5) is 2.57. The van der Waals surface area contributed by atoms with Crippen LogP contribution in [0.1, 0.15) is 39.0 Å². The molecule has 1 aromatic rings. The lowest BCUT2D eigenvalue weighted by Gasteiger charge is -2.14. The Morgan fingerprint density at radius 3 is 2.90 bits per heavy atom. The molecule has 2 N–H and O–H groups in total. The van der Waals surface area contributed by atoms with Gasteiger partial charge in [-0.2, -0.15) is 0 Å². The lowest BCUT2D eigenvalue weighted by molar-refractivity contribution is 0.325. The maximum absolute atomic E-state index is 5.62. The largest absolute Gasteiger partial charge is 0.407 e. The third kappa shape index (κ3) is 3.70. The highest BCUT2D eigenvalue weighted by Gasteiger charge is 2.34. The second-order valence-electron chi connectivity index (χ2n) is 6.38. The van der Waals surface area contributed by atoms with Crippen molar-refractivity contribution in [3.63, 3.8) is 0 Å². The van der Waals surface area contributed by atoms with Gasteiger partial charge in [-0.05, 0) is 31.7 Å². The van der Waals surface area contributed by atoms with E-state index in [1.165, 1.54) is 25.8 Å². The Kier molecular flexibility index (Phi) is 4.21. The first kappa shape index (κ1) is 13.8. The van der Waals surface area contributed by atoms with E-state index in [0.29, 0.717) is 30.4 Å². The van der Waals surface area contributed by atoms with Gasteiger partial charge in [0.15, 0.2) is 0 Å². The highest BCUT2D eigenvalue weighted by molar-refractivity contribution is 5.21. The van der Waals surface area contributed by atoms with E-state index in [2.05, 4.69) is 39.6 Å². The maximum atomic E-state index is 5.62. The molecule has 6 nitrogen and oxygen atoms in total. The fraction of sp³-hybridized carbons (Fsp3) is 0.857. The minimum atomic E-state index is 0.451. The molecule has 1 unspecified atom stereocenters. The van der Waals surface area contributed by atoms with E-state index < -0.39 is 0 Å². The fourth-order valence-electron chi connectivity index (χ4n) is 2.70. The van der Waals surface area contributed by atoms with Gasteiger partial charge in [0.1, 0.15) is 0 Å². The van der Waals surface area contributed by atoms with Crippen LogP contribution in [0.3, 0.4) is 0 Å². The van der Waals surface area contributed by atoms with E-state index in [1.54, 1.807) is 0 Å². The Bertz CT molecular complexity index is 429. The summed E-state index contributed by atoms with van der Waals surface area (Å²) in [5, 5.41) is 14.8. The molecule has 3 rings (SSSR count). The van der Waals surface area contributed by atoms with E-state index in [1.807, 2.05) is 0 Å². The summed E-state index contributed by atoms with van der Waals surface area (Å²) >= 11 is 0. The van der Waals surface area contributed by atoms with Crippen molar-refractivity contribution in [1.82, 2.24) is 20.4 Å². The summed E-state index contributed by atoms with van der Waals surface area (Å²) in [6.07, 6.45) is 3.91. The zero-order chi connectivity index (χ0) is 13.9. The Hall–Kier alpha value is -1.14. The zero-order valence-electron chi connectivity index (χ0n) is 12.4. The monoisotopic (exact) mass is 279 g/mol. The highest BCUT2D eigenvalue weighted by Crippen LogP contribution is 2.30. The van der Waals surface area contributed by atoms with Crippen LogP contribution in [0.5, 0.6) is 0 Å². The van der Waals surface area contributed by atoms with E-state index in [-0.39, 0.29) is 0 Å². The molecule has 6 heteroatoms. The first-order valence-corrected chi connectivity index (χ1v) is 7.74. The first-order valence-electron chi connectivity index (χ1n) is 7.74. The molecule has 1 saturated heterocycles. The summed E-state index contributed by atoms with van der Waals surface area (Å²) in [6, 6.07) is 1.86. The van der Waals surface area contributed by atoms with Crippen molar-refractivity contribution < 1.29 is 4.42 Å². The van der Waals surface area contributed by atoms with Gasteiger partial charge in [0, 0.05) is 25.2 Å². The molecule has 0 amide bonds. The van der Waals surface area contributed by atoms with Crippen molar-refractivity contribution in [2.45, 2.75) is 51.7 Å². The molecule has 0 bridgehead atoms. The summed E-state index contributed by atoms with van der Waals surface area (Å²) in [6.45, 7) is 8.27. The number of rotatable bonds is 7. The SMILES string of the molecule is CC(C)CNCc1nnc(NC2CCN(C3CC3)C2)o1. The van der Waals surface area contributed by atoms with Crippen LogP contribution in [0, 0.1) is 5.92 Å². The van der Waals surface area contributed by atoms with Crippen molar-refractivity contribution in [2.24, 2.45) is 5.92 Å². The molecule has 0 radical (unpaired) electrons. The number of nitrogens with one attached hydrogen (secondary N) is 2. The second kappa shape index (κ2) is 6.10. The van der Waals surface area contributed by atoms with Crippen molar-refractivity contribution in [1.29, 1.82) is 0 Å². The molecule has 1 aromatic heterocycles. The van der Waals surface area contributed by atoms with E-state index in [9.17, 15) is 0 Å². The van der Waals surface area contributed by atoms with Crippen LogP contribution in [0.2, 0.25) is 0 Å². The third-order valence-corrected chi connectivity index (χ3v) is 3.91. The van der Waals surface area contributed by atoms with Crippen molar-refractivity contribution in [3.8, 4) is 0 Å². The number of likely N-dealkylation sites (tertiary alicyclic amines) is 1. The van der Waals surface area contributed by atoms with Crippen LogP contribution in [0.25, 0.3) is 0 Å². The maximum Gasteiger partial charge on any atom is 0.315 e. The summed E-state index contributed by atoms with van der Waals surface area (Å²) in [7, 11) is 0. The predicted octanol–water partition coefficient (Wildman–Crippen LogP) is 1.46. The van der Waals surface area contributed by atoms with Crippen LogP contribution < -0.4 is 10.6 Å². The molecule has 20 heavy (non-hydrogen) atoms. The summed E-state index contributed by atoms with van der Waals surface area (Å²) < 4.78 is 5.62. The fourth-order valence-corrected chi connectivity index (χ4v) is 2.70. The normalized spacial score (nSPS) is 23.6. The number of hydrogen-bond donors (Lipinski definition) is 2. The van der Waals surface area contributed by atoms with Crippen molar-refractivity contribution >= 4 is 6.01 Å². The van der Waals surface area contributed by atoms with Gasteiger partial charge < -0.3 is 15.1 Å². The van der Waals surface area contributed by atoms with Crippen molar-refractivity contribution in [2.75, 3.05) is 25.0 Å². The van der Waals surface area contributed by atoms with Gasteiger partial charge in [0.25, 0.3) is 0 Å². The Morgan fingerprint density at radius 1 is 1.30 bits per heavy atom. The van der Waals surface area contributed by atoms with Crippen LogP contribution >= 0.6 is 0 Å². The standard InChI is InChI=1S/C14H25N5O/c1-10(2)7-15-8-13-17-18-14(20-13)16-11-5-6-19(9-11)12-3-4-12/h10-12,15H,3-9H2,1-2H3,(H,16,18). The lowest BCUT2D eigenvalue weighted by Crippen LogP contribution is -2.27. The quantitative estimate of drug-likeness (QED) is 0.788. The van der Waals surface area contributed by atoms with Crippen LogP contribution in [0.4, 0.5) is 6.01 Å². The number of hydrogen-bond acceptors (Lipinski definition) is 6. The van der Waals surface area contributed by atoms with Gasteiger partial charge in [-0.15, -0.1) is 5.10 Å². The zero-order valence-corrected chi connectivity index (χ0v) is 12.4. The minimum Gasteiger partial charge on any atom is -0.407 e. The average molecular weight is 279 g/mol. The van der Waals surface area contributed by atoms with Gasteiger partial charge in [-0.25, -0.2) is 0 Å². The molecule has 112 valence electrons. The molecule has 1 atom stereocenters.